The molecule has 0 aromatic heterocycles. The summed E-state index contributed by atoms with van der Waals surface area (Å²) in [5, 5.41) is 0. The molecule has 2 nitrogen and oxygen atoms in total. The van der Waals surface area contributed by atoms with E-state index in [1.807, 2.05) is 18.2 Å². The Morgan fingerprint density at radius 3 is 2.76 bits per heavy atom. The van der Waals surface area contributed by atoms with Crippen LogP contribution in [0.4, 0.5) is 0 Å². The molecular weight excluding hydrogens is 210 g/mol. The fraction of sp³-hybridized carbons (Fsp3) is 0.533. The Balaban J connectivity index is 2.06. The van der Waals surface area contributed by atoms with Gasteiger partial charge in [0.15, 0.2) is 0 Å². The zero-order valence-electron chi connectivity index (χ0n) is 10.7. The van der Waals surface area contributed by atoms with Gasteiger partial charge >= 0.3 is 0 Å². The van der Waals surface area contributed by atoms with Crippen LogP contribution in [0.1, 0.15) is 38.7 Å². The van der Waals surface area contributed by atoms with E-state index in [4.69, 9.17) is 4.74 Å². The van der Waals surface area contributed by atoms with Gasteiger partial charge in [-0.3, -0.25) is 4.99 Å². The van der Waals surface area contributed by atoms with Gasteiger partial charge in [0.1, 0.15) is 6.10 Å². The van der Waals surface area contributed by atoms with Crippen LogP contribution in [0, 0.1) is 5.92 Å². The summed E-state index contributed by atoms with van der Waals surface area (Å²) in [6, 6.07) is 10.2. The number of hydrogen-bond donors (Lipinski definition) is 0. The van der Waals surface area contributed by atoms with Crippen molar-refractivity contribution in [2.75, 3.05) is 6.54 Å². The summed E-state index contributed by atoms with van der Waals surface area (Å²) in [4.78, 5) is 4.53. The van der Waals surface area contributed by atoms with Crippen molar-refractivity contribution >= 4 is 5.90 Å². The smallest absolute Gasteiger partial charge is 0.216 e. The SMILES string of the molecule is CCCCC1OC(c2ccccc2)=NCC1C. The highest BCUT2D eigenvalue weighted by Crippen LogP contribution is 2.21. The van der Waals surface area contributed by atoms with Crippen LogP contribution in [0.3, 0.4) is 0 Å². The van der Waals surface area contributed by atoms with Crippen molar-refractivity contribution in [3.63, 3.8) is 0 Å². The van der Waals surface area contributed by atoms with Gasteiger partial charge in [-0.05, 0) is 18.6 Å². The molecule has 2 unspecified atom stereocenters. The van der Waals surface area contributed by atoms with Gasteiger partial charge in [-0.25, -0.2) is 0 Å². The zero-order chi connectivity index (χ0) is 12.1. The molecule has 1 aromatic carbocycles. The predicted molar refractivity (Wildman–Crippen MR) is 71.4 cm³/mol. The van der Waals surface area contributed by atoms with Gasteiger partial charge in [0, 0.05) is 18.0 Å². The Morgan fingerprint density at radius 2 is 2.06 bits per heavy atom. The van der Waals surface area contributed by atoms with Crippen LogP contribution in [0.15, 0.2) is 35.3 Å². The van der Waals surface area contributed by atoms with E-state index in [9.17, 15) is 0 Å². The number of benzene rings is 1. The molecule has 0 saturated heterocycles. The van der Waals surface area contributed by atoms with E-state index < -0.39 is 0 Å². The molecule has 0 bridgehead atoms. The number of rotatable bonds is 4. The van der Waals surface area contributed by atoms with Gasteiger partial charge in [-0.1, -0.05) is 44.9 Å². The Bertz CT molecular complexity index is 372. The Kier molecular flexibility index (Phi) is 4.18. The number of aliphatic imine (C=N–C) groups is 1. The van der Waals surface area contributed by atoms with E-state index in [-0.39, 0.29) is 0 Å². The highest BCUT2D eigenvalue weighted by Gasteiger charge is 2.24. The summed E-state index contributed by atoms with van der Waals surface area (Å²) < 4.78 is 6.04. The monoisotopic (exact) mass is 231 g/mol. The summed E-state index contributed by atoms with van der Waals surface area (Å²) in [5.41, 5.74) is 1.10. The van der Waals surface area contributed by atoms with Crippen LogP contribution >= 0.6 is 0 Å². The van der Waals surface area contributed by atoms with Crippen molar-refractivity contribution in [3.8, 4) is 0 Å². The van der Waals surface area contributed by atoms with Crippen molar-refractivity contribution in [1.29, 1.82) is 0 Å². The predicted octanol–water partition coefficient (Wildman–Crippen LogP) is 3.66. The Hall–Kier alpha value is -1.31. The van der Waals surface area contributed by atoms with Crippen LogP contribution in [-0.4, -0.2) is 18.5 Å². The first-order valence-corrected chi connectivity index (χ1v) is 6.57. The first-order valence-electron chi connectivity index (χ1n) is 6.57. The standard InChI is InChI=1S/C15H21NO/c1-3-4-10-14-12(2)11-16-15(17-14)13-8-6-5-7-9-13/h5-9,12,14H,3-4,10-11H2,1-2H3. The van der Waals surface area contributed by atoms with Gasteiger partial charge in [0.05, 0.1) is 0 Å². The summed E-state index contributed by atoms with van der Waals surface area (Å²) in [5.74, 6) is 1.36. The van der Waals surface area contributed by atoms with Crippen LogP contribution in [0.25, 0.3) is 0 Å². The van der Waals surface area contributed by atoms with E-state index in [1.54, 1.807) is 0 Å². The maximum absolute atomic E-state index is 6.04. The van der Waals surface area contributed by atoms with Crippen molar-refractivity contribution in [2.24, 2.45) is 10.9 Å². The number of unbranched alkanes of at least 4 members (excludes halogenated alkanes) is 1. The fourth-order valence-electron chi connectivity index (χ4n) is 2.13. The molecule has 0 N–H and O–H groups in total. The maximum atomic E-state index is 6.04. The zero-order valence-corrected chi connectivity index (χ0v) is 10.7. The fourth-order valence-corrected chi connectivity index (χ4v) is 2.13. The minimum atomic E-state index is 0.336. The van der Waals surface area contributed by atoms with E-state index in [0.717, 1.165) is 24.4 Å². The molecular formula is C15H21NO. The number of hydrogen-bond acceptors (Lipinski definition) is 2. The van der Waals surface area contributed by atoms with E-state index in [1.165, 1.54) is 12.8 Å². The largest absolute Gasteiger partial charge is 0.474 e. The molecule has 2 rings (SSSR count). The minimum absolute atomic E-state index is 0.336. The average Bonchev–Trinajstić information content (AvgIpc) is 2.39. The first kappa shape index (κ1) is 12.2. The lowest BCUT2D eigenvalue weighted by atomic mass is 9.98. The van der Waals surface area contributed by atoms with Crippen molar-refractivity contribution in [2.45, 2.75) is 39.2 Å². The van der Waals surface area contributed by atoms with E-state index in [2.05, 4.69) is 31.0 Å². The average molecular weight is 231 g/mol. The molecule has 17 heavy (non-hydrogen) atoms. The molecule has 0 amide bonds. The summed E-state index contributed by atoms with van der Waals surface area (Å²) >= 11 is 0. The van der Waals surface area contributed by atoms with Crippen LogP contribution in [0.2, 0.25) is 0 Å². The van der Waals surface area contributed by atoms with Gasteiger partial charge in [0.2, 0.25) is 5.90 Å². The highest BCUT2D eigenvalue weighted by molar-refractivity contribution is 5.94. The first-order chi connectivity index (χ1) is 8.31. The maximum Gasteiger partial charge on any atom is 0.216 e. The Morgan fingerprint density at radius 1 is 1.29 bits per heavy atom. The minimum Gasteiger partial charge on any atom is -0.474 e. The third-order valence-corrected chi connectivity index (χ3v) is 3.28. The van der Waals surface area contributed by atoms with Crippen LogP contribution in [0.5, 0.6) is 0 Å². The lowest BCUT2D eigenvalue weighted by Crippen LogP contribution is -2.32. The van der Waals surface area contributed by atoms with E-state index in [0.29, 0.717) is 12.0 Å². The van der Waals surface area contributed by atoms with Gasteiger partial charge in [0.25, 0.3) is 0 Å². The molecule has 0 radical (unpaired) electrons. The second-order valence-corrected chi connectivity index (χ2v) is 4.79. The second kappa shape index (κ2) is 5.85. The number of ether oxygens (including phenoxy) is 1. The molecule has 2 heteroatoms. The molecule has 1 heterocycles. The summed E-state index contributed by atoms with van der Waals surface area (Å²) in [7, 11) is 0. The molecule has 2 atom stereocenters. The quantitative estimate of drug-likeness (QED) is 0.775. The second-order valence-electron chi connectivity index (χ2n) is 4.79. The molecule has 0 spiro atoms. The van der Waals surface area contributed by atoms with Crippen LogP contribution < -0.4 is 0 Å². The molecule has 1 aliphatic heterocycles. The van der Waals surface area contributed by atoms with Gasteiger partial charge in [-0.2, -0.15) is 0 Å². The van der Waals surface area contributed by atoms with Crippen molar-refractivity contribution in [3.05, 3.63) is 35.9 Å². The Labute approximate surface area is 104 Å². The lowest BCUT2D eigenvalue weighted by Gasteiger charge is -2.29. The molecule has 92 valence electrons. The third-order valence-electron chi connectivity index (χ3n) is 3.28. The third kappa shape index (κ3) is 3.09. The molecule has 1 aliphatic rings. The summed E-state index contributed by atoms with van der Waals surface area (Å²) in [6.07, 6.45) is 3.94. The lowest BCUT2D eigenvalue weighted by molar-refractivity contribution is 0.108. The van der Waals surface area contributed by atoms with Gasteiger partial charge < -0.3 is 4.74 Å². The molecule has 0 aliphatic carbocycles. The molecule has 0 fully saturated rings. The summed E-state index contributed by atoms with van der Waals surface area (Å²) in [6.45, 7) is 5.34. The highest BCUT2D eigenvalue weighted by atomic mass is 16.5. The normalized spacial score (nSPS) is 24.0. The molecule has 0 saturated carbocycles. The van der Waals surface area contributed by atoms with Crippen LogP contribution in [-0.2, 0) is 4.74 Å². The van der Waals surface area contributed by atoms with Crippen molar-refractivity contribution < 1.29 is 4.74 Å². The number of nitrogens with zero attached hydrogens (tertiary/aromatic N) is 1. The van der Waals surface area contributed by atoms with Gasteiger partial charge in [-0.15, -0.1) is 0 Å². The van der Waals surface area contributed by atoms with Crippen molar-refractivity contribution in [1.82, 2.24) is 0 Å². The topological polar surface area (TPSA) is 21.6 Å². The van der Waals surface area contributed by atoms with E-state index >= 15 is 0 Å². The molecule has 1 aromatic rings.